The first-order valence-electron chi connectivity index (χ1n) is 7.13. The lowest BCUT2D eigenvalue weighted by atomic mass is 10.3. The van der Waals surface area contributed by atoms with Gasteiger partial charge in [-0.05, 0) is 48.6 Å². The van der Waals surface area contributed by atoms with E-state index in [1.807, 2.05) is 12.1 Å². The molecule has 1 aliphatic heterocycles. The number of halogens is 1. The summed E-state index contributed by atoms with van der Waals surface area (Å²) in [6.45, 7) is 1.04. The second-order valence-corrected chi connectivity index (χ2v) is 8.92. The van der Waals surface area contributed by atoms with Crippen molar-refractivity contribution in [2.75, 3.05) is 18.4 Å². The number of hydrogen-bond donors (Lipinski definition) is 1. The van der Waals surface area contributed by atoms with Crippen molar-refractivity contribution in [1.29, 1.82) is 0 Å². The van der Waals surface area contributed by atoms with Crippen LogP contribution in [0.3, 0.4) is 0 Å². The minimum Gasteiger partial charge on any atom is -0.321 e. The molecule has 1 saturated heterocycles. The minimum absolute atomic E-state index is 0.0963. The highest BCUT2D eigenvalue weighted by molar-refractivity contribution is 9.10. The fraction of sp³-hybridized carbons (Fsp3) is 0.267. The van der Waals surface area contributed by atoms with Crippen LogP contribution in [-0.4, -0.2) is 31.7 Å². The molecule has 0 atom stereocenters. The molecule has 0 aliphatic carbocycles. The summed E-state index contributed by atoms with van der Waals surface area (Å²) in [6.07, 6.45) is 1.73. The molecular formula is C15H15BrN2O3S2. The fourth-order valence-electron chi connectivity index (χ4n) is 2.45. The summed E-state index contributed by atoms with van der Waals surface area (Å²) < 4.78 is 27.7. The van der Waals surface area contributed by atoms with Crippen molar-refractivity contribution in [3.63, 3.8) is 0 Å². The first kappa shape index (κ1) is 16.6. The van der Waals surface area contributed by atoms with E-state index in [1.54, 1.807) is 17.5 Å². The molecule has 1 aliphatic rings. The highest BCUT2D eigenvalue weighted by atomic mass is 79.9. The Morgan fingerprint density at radius 1 is 1.13 bits per heavy atom. The molecule has 0 bridgehead atoms. The van der Waals surface area contributed by atoms with Crippen molar-refractivity contribution in [2.45, 2.75) is 17.7 Å². The molecule has 2 heterocycles. The maximum atomic E-state index is 12.7. The molecule has 0 spiro atoms. The van der Waals surface area contributed by atoms with Crippen molar-refractivity contribution in [3.8, 4) is 0 Å². The average Bonchev–Trinajstić information content (AvgIpc) is 3.21. The number of hydrogen-bond acceptors (Lipinski definition) is 4. The summed E-state index contributed by atoms with van der Waals surface area (Å²) in [4.78, 5) is 12.8. The van der Waals surface area contributed by atoms with E-state index in [1.165, 1.54) is 10.4 Å². The summed E-state index contributed by atoms with van der Waals surface area (Å²) in [7, 11) is -3.59. The van der Waals surface area contributed by atoms with Crippen LogP contribution >= 0.6 is 27.3 Å². The molecule has 1 amide bonds. The smallest absolute Gasteiger partial charge is 0.267 e. The first-order valence-corrected chi connectivity index (χ1v) is 10.2. The molecule has 1 fully saturated rings. The van der Waals surface area contributed by atoms with Crippen LogP contribution in [0.5, 0.6) is 0 Å². The van der Waals surface area contributed by atoms with E-state index >= 15 is 0 Å². The number of anilines is 1. The number of sulfonamides is 1. The molecule has 1 aromatic heterocycles. The van der Waals surface area contributed by atoms with Crippen molar-refractivity contribution in [3.05, 3.63) is 45.1 Å². The van der Waals surface area contributed by atoms with Crippen LogP contribution in [0.2, 0.25) is 0 Å². The molecule has 122 valence electrons. The van der Waals surface area contributed by atoms with E-state index in [9.17, 15) is 13.2 Å². The lowest BCUT2D eigenvalue weighted by Crippen LogP contribution is -2.29. The molecular weight excluding hydrogens is 400 g/mol. The zero-order valence-electron chi connectivity index (χ0n) is 12.2. The van der Waals surface area contributed by atoms with Gasteiger partial charge in [-0.1, -0.05) is 15.9 Å². The van der Waals surface area contributed by atoms with E-state index < -0.39 is 15.9 Å². The topological polar surface area (TPSA) is 66.5 Å². The third-order valence-electron chi connectivity index (χ3n) is 3.62. The fourth-order valence-corrected chi connectivity index (χ4v) is 5.53. The number of nitrogens with zero attached hydrogens (tertiary/aromatic N) is 1. The lowest BCUT2D eigenvalue weighted by Gasteiger charge is -2.15. The van der Waals surface area contributed by atoms with Crippen LogP contribution in [0.25, 0.3) is 0 Å². The Kier molecular flexibility index (Phi) is 4.86. The van der Waals surface area contributed by atoms with Gasteiger partial charge in [-0.2, -0.15) is 4.31 Å². The molecule has 3 rings (SSSR count). The van der Waals surface area contributed by atoms with Crippen molar-refractivity contribution >= 4 is 48.9 Å². The standard InChI is InChI=1S/C15H15BrN2O3S2/c16-11-3-5-12(6-4-11)17-15(19)14-13(7-10-22-14)23(20,21)18-8-1-2-9-18/h3-7,10H,1-2,8-9H2,(H,17,19). The Bertz CT molecular complexity index is 810. The molecule has 0 saturated carbocycles. The Morgan fingerprint density at radius 3 is 2.43 bits per heavy atom. The first-order chi connectivity index (χ1) is 11.0. The van der Waals surface area contributed by atoms with Gasteiger partial charge in [0.1, 0.15) is 9.77 Å². The van der Waals surface area contributed by atoms with E-state index in [0.717, 1.165) is 28.7 Å². The second kappa shape index (κ2) is 6.72. The van der Waals surface area contributed by atoms with Crippen LogP contribution in [0.4, 0.5) is 5.69 Å². The van der Waals surface area contributed by atoms with Gasteiger partial charge in [0.25, 0.3) is 5.91 Å². The quantitative estimate of drug-likeness (QED) is 0.831. The number of thiophene rings is 1. The largest absolute Gasteiger partial charge is 0.321 e. The molecule has 0 unspecified atom stereocenters. The Morgan fingerprint density at radius 2 is 1.78 bits per heavy atom. The van der Waals surface area contributed by atoms with Gasteiger partial charge < -0.3 is 5.32 Å². The maximum absolute atomic E-state index is 12.7. The van der Waals surface area contributed by atoms with Gasteiger partial charge >= 0.3 is 0 Å². The van der Waals surface area contributed by atoms with Crippen molar-refractivity contribution in [1.82, 2.24) is 4.31 Å². The number of carbonyl (C=O) groups is 1. The van der Waals surface area contributed by atoms with Crippen molar-refractivity contribution in [2.24, 2.45) is 0 Å². The zero-order valence-corrected chi connectivity index (χ0v) is 15.4. The molecule has 0 radical (unpaired) electrons. The third-order valence-corrected chi connectivity index (χ3v) is 7.13. The Balaban J connectivity index is 1.85. The molecule has 1 aromatic carbocycles. The lowest BCUT2D eigenvalue weighted by molar-refractivity contribution is 0.102. The van der Waals surface area contributed by atoms with Crippen LogP contribution in [0, 0.1) is 0 Å². The van der Waals surface area contributed by atoms with Gasteiger partial charge in [0.05, 0.1) is 0 Å². The summed E-state index contributed by atoms with van der Waals surface area (Å²) in [5.74, 6) is -0.403. The Hall–Kier alpha value is -1.22. The second-order valence-electron chi connectivity index (χ2n) is 5.19. The van der Waals surface area contributed by atoms with Gasteiger partial charge in [-0.15, -0.1) is 11.3 Å². The van der Waals surface area contributed by atoms with Gasteiger partial charge in [-0.3, -0.25) is 4.79 Å². The van der Waals surface area contributed by atoms with Crippen LogP contribution < -0.4 is 5.32 Å². The van der Waals surface area contributed by atoms with Crippen LogP contribution in [0.15, 0.2) is 45.1 Å². The van der Waals surface area contributed by atoms with E-state index in [-0.39, 0.29) is 9.77 Å². The van der Waals surface area contributed by atoms with E-state index in [2.05, 4.69) is 21.2 Å². The number of rotatable bonds is 4. The molecule has 8 heteroatoms. The van der Waals surface area contributed by atoms with Gasteiger partial charge in [0, 0.05) is 23.2 Å². The van der Waals surface area contributed by atoms with Gasteiger partial charge in [0.2, 0.25) is 10.0 Å². The number of nitrogens with one attached hydrogen (secondary N) is 1. The molecule has 1 N–H and O–H groups in total. The third kappa shape index (κ3) is 3.50. The van der Waals surface area contributed by atoms with Gasteiger partial charge in [-0.25, -0.2) is 8.42 Å². The van der Waals surface area contributed by atoms with E-state index in [0.29, 0.717) is 18.8 Å². The summed E-state index contributed by atoms with van der Waals surface area (Å²) in [6, 6.07) is 8.64. The predicted molar refractivity (Wildman–Crippen MR) is 94.4 cm³/mol. The highest BCUT2D eigenvalue weighted by Crippen LogP contribution is 2.28. The Labute approximate surface area is 147 Å². The molecule has 5 nitrogen and oxygen atoms in total. The van der Waals surface area contributed by atoms with E-state index in [4.69, 9.17) is 0 Å². The number of carbonyl (C=O) groups excluding carboxylic acids is 1. The number of benzene rings is 1. The molecule has 2 aromatic rings. The number of amides is 1. The zero-order chi connectivity index (χ0) is 16.4. The van der Waals surface area contributed by atoms with Crippen molar-refractivity contribution < 1.29 is 13.2 Å². The minimum atomic E-state index is -3.59. The normalized spacial score (nSPS) is 15.7. The summed E-state index contributed by atoms with van der Waals surface area (Å²) in [5.41, 5.74) is 0.621. The van der Waals surface area contributed by atoms with Gasteiger partial charge in [0.15, 0.2) is 0 Å². The molecule has 23 heavy (non-hydrogen) atoms. The van der Waals surface area contributed by atoms with Crippen LogP contribution in [0.1, 0.15) is 22.5 Å². The summed E-state index contributed by atoms with van der Waals surface area (Å²) >= 11 is 4.47. The van der Waals surface area contributed by atoms with Crippen LogP contribution in [-0.2, 0) is 10.0 Å². The maximum Gasteiger partial charge on any atom is 0.267 e. The highest BCUT2D eigenvalue weighted by Gasteiger charge is 2.31. The monoisotopic (exact) mass is 414 g/mol. The predicted octanol–water partition coefficient (Wildman–Crippen LogP) is 3.55. The average molecular weight is 415 g/mol. The SMILES string of the molecule is O=C(Nc1ccc(Br)cc1)c1sccc1S(=O)(=O)N1CCCC1. The summed E-state index contributed by atoms with van der Waals surface area (Å²) in [5, 5.41) is 4.38.